The zero-order chi connectivity index (χ0) is 37.9. The number of hydrogen-bond donors (Lipinski definition) is 6. The van der Waals surface area contributed by atoms with Crippen molar-refractivity contribution in [3.05, 3.63) is 0 Å². The van der Waals surface area contributed by atoms with Crippen molar-refractivity contribution in [2.24, 2.45) is 0 Å². The van der Waals surface area contributed by atoms with Gasteiger partial charge in [0.15, 0.2) is 18.9 Å². The normalized spacial score (nSPS) is 15.9. The third kappa shape index (κ3) is 24.2. The Morgan fingerprint density at radius 1 is 0.673 bits per heavy atom. The van der Waals surface area contributed by atoms with Crippen molar-refractivity contribution in [3.63, 3.8) is 0 Å². The predicted octanol–water partition coefficient (Wildman–Crippen LogP) is -2.60. The molecule has 0 aromatic carbocycles. The van der Waals surface area contributed by atoms with Crippen LogP contribution in [0, 0.1) is 0 Å². The Bertz CT molecular complexity index is 971. The molecule has 8 atom stereocenters. The van der Waals surface area contributed by atoms with Crippen LogP contribution < -0.4 is 5.32 Å². The van der Waals surface area contributed by atoms with E-state index in [2.05, 4.69) is 10.1 Å². The van der Waals surface area contributed by atoms with Gasteiger partial charge < -0.3 is 73.5 Å². The van der Waals surface area contributed by atoms with Crippen LogP contribution in [0.25, 0.3) is 0 Å². The average molecular weight is 738 g/mol. The van der Waals surface area contributed by atoms with E-state index in [1.807, 2.05) is 9.24 Å². The lowest BCUT2D eigenvalue weighted by Gasteiger charge is -2.28. The summed E-state index contributed by atoms with van der Waals surface area (Å²) in [5.74, 6) is -4.46. The van der Waals surface area contributed by atoms with Gasteiger partial charge >= 0.3 is 23.9 Å². The van der Waals surface area contributed by atoms with Crippen LogP contribution in [0.5, 0.6) is 0 Å². The van der Waals surface area contributed by atoms with E-state index in [4.69, 9.17) is 44.4 Å². The van der Waals surface area contributed by atoms with E-state index >= 15 is 0 Å². The number of amides is 1. The molecule has 0 aromatic heterocycles. The molecule has 0 spiro atoms. The number of ether oxygens (including phenoxy) is 9. The quantitative estimate of drug-likeness (QED) is 0.0184. The summed E-state index contributed by atoms with van der Waals surface area (Å²) in [6.07, 6.45) is -9.32. The fraction of sp³-hybridized carbons (Fsp3) is 0.821. The van der Waals surface area contributed by atoms with E-state index in [1.165, 1.54) is 7.11 Å². The van der Waals surface area contributed by atoms with Crippen molar-refractivity contribution in [1.82, 2.24) is 5.32 Å². The Morgan fingerprint density at radius 2 is 1.16 bits per heavy atom. The van der Waals surface area contributed by atoms with Crippen LogP contribution in [-0.4, -0.2) is 165 Å². The summed E-state index contributed by atoms with van der Waals surface area (Å²) >= 11 is 0. The number of carboxylic acid groups (broad SMARTS) is 1. The van der Waals surface area contributed by atoms with E-state index in [-0.39, 0.29) is 6.42 Å². The largest absolute Gasteiger partial charge is 0.481 e. The van der Waals surface area contributed by atoms with Crippen molar-refractivity contribution in [3.8, 4) is 0 Å². The molecule has 21 heteroatoms. The van der Waals surface area contributed by atoms with Crippen LogP contribution in [0.3, 0.4) is 0 Å². The van der Waals surface area contributed by atoms with E-state index in [0.717, 1.165) is 0 Å². The maximum atomic E-state index is 12.4. The van der Waals surface area contributed by atoms with Crippen molar-refractivity contribution in [2.45, 2.75) is 76.2 Å². The number of carbonyl (C=O) groups is 5. The first-order valence-corrected chi connectivity index (χ1v) is 15.8. The molecule has 20 nitrogen and oxygen atoms in total. The van der Waals surface area contributed by atoms with Gasteiger partial charge in [0.1, 0.15) is 38.3 Å². The molecule has 0 rings (SSSR count). The van der Waals surface area contributed by atoms with Gasteiger partial charge in [-0.1, -0.05) is 16.2 Å². The Labute approximate surface area is 287 Å². The predicted molar refractivity (Wildman–Crippen MR) is 165 cm³/mol. The highest BCUT2D eigenvalue weighted by atomic mass is 31.0. The number of methoxy groups -OCH3 is 1. The summed E-state index contributed by atoms with van der Waals surface area (Å²) in [6.45, 7) is -2.95. The Hall–Kier alpha value is -2.62. The summed E-state index contributed by atoms with van der Waals surface area (Å²) in [5.41, 5.74) is 0. The molecule has 286 valence electrons. The second kappa shape index (κ2) is 29.1. The Morgan fingerprint density at radius 3 is 1.59 bits per heavy atom. The molecule has 0 bridgehead atoms. The summed E-state index contributed by atoms with van der Waals surface area (Å²) in [7, 11) is 3.19. The van der Waals surface area contributed by atoms with Crippen molar-refractivity contribution in [2.75, 3.05) is 72.8 Å². The van der Waals surface area contributed by atoms with Crippen LogP contribution in [0.1, 0.15) is 40.4 Å². The first-order chi connectivity index (χ1) is 23.8. The Kier molecular flexibility index (Phi) is 26.4. The minimum atomic E-state index is -1.44. The zero-order valence-electron chi connectivity index (χ0n) is 28.5. The fourth-order valence-electron chi connectivity index (χ4n) is 3.31. The highest BCUT2D eigenvalue weighted by molar-refractivity contribution is 7.16. The molecule has 8 unspecified atom stereocenters. The first kappa shape index (κ1) is 44.4. The van der Waals surface area contributed by atoms with E-state index in [0.29, 0.717) is 6.42 Å². The summed E-state index contributed by atoms with van der Waals surface area (Å²) in [4.78, 5) is 58.4. The highest BCUT2D eigenvalue weighted by Gasteiger charge is 2.25. The van der Waals surface area contributed by atoms with E-state index in [1.54, 1.807) is 6.92 Å². The molecule has 49 heavy (non-hydrogen) atoms. The molecule has 0 radical (unpaired) electrons. The number of carbonyl (C=O) groups excluding carboxylic acids is 4. The summed E-state index contributed by atoms with van der Waals surface area (Å²) < 4.78 is 54.6. The maximum Gasteiger partial charge on any atom is 0.325 e. The maximum absolute atomic E-state index is 12.4. The van der Waals surface area contributed by atoms with E-state index in [9.17, 15) is 44.4 Å². The van der Waals surface area contributed by atoms with Gasteiger partial charge in [0.05, 0.1) is 66.4 Å². The standard InChI is InChI=1S/C28H50NO19P/c1-3-18(9-30)46-27(15-42-24(38)7-5-22(35)36)43-14-20(11-32)48-28(44-13-19(10-31)47-26(12-33)40-2)16-41-23(37)6-4-21(34)29-8-25(39)45-17-49/h18-20,26-28,30-33H,3-17,49H2,1-2H3,(H,29,34)(H,35,36)/i17T. The van der Waals surface area contributed by atoms with Gasteiger partial charge in [-0.2, -0.15) is 0 Å². The number of aliphatic hydroxyl groups excluding tert-OH is 4. The lowest BCUT2D eigenvalue weighted by molar-refractivity contribution is -0.254. The number of aliphatic carboxylic acids is 1. The Balaban J connectivity index is 5.45. The van der Waals surface area contributed by atoms with Crippen LogP contribution >= 0.6 is 9.24 Å². The number of rotatable bonds is 31. The number of esters is 3. The van der Waals surface area contributed by atoms with Gasteiger partial charge in [-0.15, -0.1) is 0 Å². The average Bonchev–Trinajstić information content (AvgIpc) is 3.09. The van der Waals surface area contributed by atoms with Crippen LogP contribution in [0.15, 0.2) is 0 Å². The number of hydrogen-bond acceptors (Lipinski definition) is 18. The topological polar surface area (TPSA) is 282 Å². The van der Waals surface area contributed by atoms with Gasteiger partial charge in [-0.05, 0) is 6.42 Å². The van der Waals surface area contributed by atoms with Crippen molar-refractivity contribution < 1.29 is 93.5 Å². The first-order valence-electron chi connectivity index (χ1n) is 15.7. The second-order valence-corrected chi connectivity index (χ2v) is 10.0. The smallest absolute Gasteiger partial charge is 0.325 e. The van der Waals surface area contributed by atoms with Crippen LogP contribution in [0.2, 0.25) is 0 Å². The number of carboxylic acids is 1. The summed E-state index contributed by atoms with van der Waals surface area (Å²) in [6, 6.07) is 0. The highest BCUT2D eigenvalue weighted by Crippen LogP contribution is 2.11. The van der Waals surface area contributed by atoms with Crippen molar-refractivity contribution in [1.29, 1.82) is 0 Å². The molecule has 0 aliphatic carbocycles. The molecule has 0 aliphatic rings. The molecule has 1 amide bonds. The molecule has 0 saturated carbocycles. The SMILES string of the molecule is [3H]C(P)OC(=O)CNC(=O)CCC(=O)OCC(OCC(CO)OC(CO)OC)OC(CO)COC(COC(=O)CCC(=O)O)OC(CC)CO. The molecule has 0 saturated heterocycles. The second-order valence-electron chi connectivity index (χ2n) is 9.77. The third-order valence-electron chi connectivity index (χ3n) is 5.94. The minimum absolute atomic E-state index is 0.345. The van der Waals surface area contributed by atoms with Crippen LogP contribution in [-0.2, 0) is 66.6 Å². The zero-order valence-corrected chi connectivity index (χ0v) is 28.6. The lowest BCUT2D eigenvalue weighted by Crippen LogP contribution is -2.40. The molecule has 0 heterocycles. The minimum Gasteiger partial charge on any atom is -0.481 e. The molecule has 0 aliphatic heterocycles. The van der Waals surface area contributed by atoms with E-state index < -0.39 is 152 Å². The molecule has 6 N–H and O–H groups in total. The van der Waals surface area contributed by atoms with Gasteiger partial charge in [-0.3, -0.25) is 24.0 Å². The van der Waals surface area contributed by atoms with Gasteiger partial charge in [0, 0.05) is 13.5 Å². The molecule has 0 aromatic rings. The molecular weight excluding hydrogens is 685 g/mol. The van der Waals surface area contributed by atoms with Crippen LogP contribution in [0.4, 0.5) is 0 Å². The van der Waals surface area contributed by atoms with Gasteiger partial charge in [0.2, 0.25) is 5.91 Å². The molecular formula is C28H50NO19P. The fourth-order valence-corrected chi connectivity index (χ4v) is 3.46. The molecule has 0 fully saturated rings. The van der Waals surface area contributed by atoms with Gasteiger partial charge in [-0.25, -0.2) is 0 Å². The van der Waals surface area contributed by atoms with Gasteiger partial charge in [0.25, 0.3) is 0 Å². The van der Waals surface area contributed by atoms with Crippen molar-refractivity contribution >= 4 is 39.0 Å². The lowest BCUT2D eigenvalue weighted by atomic mass is 10.3. The number of aliphatic hydroxyl groups is 4. The summed E-state index contributed by atoms with van der Waals surface area (Å²) in [5, 5.41) is 49.5. The monoisotopic (exact) mass is 737 g/mol. The number of nitrogens with one attached hydrogen (secondary N) is 1. The third-order valence-corrected chi connectivity index (χ3v) is 6.07.